The zero-order valence-electron chi connectivity index (χ0n) is 12.2. The van der Waals surface area contributed by atoms with Gasteiger partial charge in [-0.2, -0.15) is 0 Å². The lowest BCUT2D eigenvalue weighted by Gasteiger charge is -2.39. The van der Waals surface area contributed by atoms with Crippen molar-refractivity contribution in [2.75, 3.05) is 0 Å². The Bertz CT molecular complexity index is 616. The number of nitrogens with zero attached hydrogens (tertiary/aromatic N) is 1. The Morgan fingerprint density at radius 1 is 1.41 bits per heavy atom. The van der Waals surface area contributed by atoms with Gasteiger partial charge >= 0.3 is 5.97 Å². The summed E-state index contributed by atoms with van der Waals surface area (Å²) in [6.07, 6.45) is 2.75. The number of carboxylic acids is 1. The van der Waals surface area contributed by atoms with Crippen molar-refractivity contribution >= 4 is 17.6 Å². The fraction of sp³-hybridized carbons (Fsp3) is 0.467. The molecule has 0 saturated heterocycles. The average Bonchev–Trinajstić information content (AvgIpc) is 2.47. The quantitative estimate of drug-likeness (QED) is 0.655. The molecular weight excluding hydrogens is 288 g/mol. The third kappa shape index (κ3) is 3.24. The van der Waals surface area contributed by atoms with E-state index in [4.69, 9.17) is 0 Å². The standard InChI is InChI=1S/C15H18N2O5/c1-15(8-3-2-7-12(15)14(19)20)16-13(18)10-5-4-6-11(9-10)17(21)22/h4-6,9,12H,2-3,7-8H2,1H3,(H,16,18)(H,19,20). The lowest BCUT2D eigenvalue weighted by molar-refractivity contribution is -0.384. The van der Waals surface area contributed by atoms with E-state index in [1.165, 1.54) is 24.3 Å². The number of carbonyl (C=O) groups excluding carboxylic acids is 1. The predicted molar refractivity (Wildman–Crippen MR) is 78.6 cm³/mol. The van der Waals surface area contributed by atoms with Gasteiger partial charge in [-0.15, -0.1) is 0 Å². The van der Waals surface area contributed by atoms with Gasteiger partial charge in [-0.3, -0.25) is 19.7 Å². The smallest absolute Gasteiger partial charge is 0.308 e. The van der Waals surface area contributed by atoms with Gasteiger partial charge < -0.3 is 10.4 Å². The summed E-state index contributed by atoms with van der Waals surface area (Å²) in [5.41, 5.74) is -0.854. The van der Waals surface area contributed by atoms with Crippen molar-refractivity contribution in [1.29, 1.82) is 0 Å². The van der Waals surface area contributed by atoms with E-state index in [0.717, 1.165) is 12.8 Å². The van der Waals surface area contributed by atoms with Crippen LogP contribution in [0.5, 0.6) is 0 Å². The van der Waals surface area contributed by atoms with E-state index in [1.807, 2.05) is 0 Å². The van der Waals surface area contributed by atoms with Gasteiger partial charge in [-0.25, -0.2) is 0 Å². The number of nitro benzene ring substituents is 1. The Hall–Kier alpha value is -2.44. The molecule has 0 heterocycles. The fourth-order valence-electron chi connectivity index (χ4n) is 2.97. The number of rotatable bonds is 4. The van der Waals surface area contributed by atoms with Crippen LogP contribution in [0, 0.1) is 16.0 Å². The van der Waals surface area contributed by atoms with Crippen LogP contribution in [0.4, 0.5) is 5.69 Å². The molecular formula is C15H18N2O5. The molecule has 0 bridgehead atoms. The topological polar surface area (TPSA) is 110 Å². The van der Waals surface area contributed by atoms with E-state index >= 15 is 0 Å². The summed E-state index contributed by atoms with van der Waals surface area (Å²) in [6.45, 7) is 1.72. The van der Waals surface area contributed by atoms with Crippen LogP contribution in [-0.4, -0.2) is 27.4 Å². The second-order valence-corrected chi connectivity index (χ2v) is 5.82. The number of nitro groups is 1. The van der Waals surface area contributed by atoms with E-state index < -0.39 is 28.3 Å². The third-order valence-corrected chi connectivity index (χ3v) is 4.22. The van der Waals surface area contributed by atoms with Crippen molar-refractivity contribution in [3.8, 4) is 0 Å². The molecule has 1 aliphatic carbocycles. The maximum atomic E-state index is 12.3. The molecule has 1 aromatic rings. The number of nitrogens with one attached hydrogen (secondary N) is 1. The molecule has 7 heteroatoms. The highest BCUT2D eigenvalue weighted by Gasteiger charge is 2.42. The number of amides is 1. The Morgan fingerprint density at radius 3 is 2.77 bits per heavy atom. The van der Waals surface area contributed by atoms with Crippen LogP contribution >= 0.6 is 0 Å². The van der Waals surface area contributed by atoms with Crippen molar-refractivity contribution < 1.29 is 19.6 Å². The third-order valence-electron chi connectivity index (χ3n) is 4.22. The maximum absolute atomic E-state index is 12.3. The van der Waals surface area contributed by atoms with Gasteiger partial charge in [0.2, 0.25) is 0 Å². The number of benzene rings is 1. The summed E-state index contributed by atoms with van der Waals surface area (Å²) in [5.74, 6) is -2.07. The molecule has 2 unspecified atom stereocenters. The Morgan fingerprint density at radius 2 is 2.14 bits per heavy atom. The second-order valence-electron chi connectivity index (χ2n) is 5.82. The number of carbonyl (C=O) groups is 2. The maximum Gasteiger partial charge on any atom is 0.308 e. The van der Waals surface area contributed by atoms with Gasteiger partial charge in [0.25, 0.3) is 11.6 Å². The first kappa shape index (κ1) is 15.9. The van der Waals surface area contributed by atoms with E-state index in [-0.39, 0.29) is 11.3 Å². The van der Waals surface area contributed by atoms with Crippen molar-refractivity contribution in [3.63, 3.8) is 0 Å². The summed E-state index contributed by atoms with van der Waals surface area (Å²) in [4.78, 5) is 33.9. The van der Waals surface area contributed by atoms with E-state index in [0.29, 0.717) is 12.8 Å². The molecule has 7 nitrogen and oxygen atoms in total. The van der Waals surface area contributed by atoms with Gasteiger partial charge in [-0.05, 0) is 25.8 Å². The minimum absolute atomic E-state index is 0.158. The van der Waals surface area contributed by atoms with Crippen LogP contribution in [0.2, 0.25) is 0 Å². The van der Waals surface area contributed by atoms with E-state index in [2.05, 4.69) is 5.32 Å². The molecule has 118 valence electrons. The summed E-state index contributed by atoms with van der Waals surface area (Å²) in [5, 5.41) is 22.9. The molecule has 2 atom stereocenters. The molecule has 0 spiro atoms. The highest BCUT2D eigenvalue weighted by Crippen LogP contribution is 2.34. The minimum atomic E-state index is -0.929. The van der Waals surface area contributed by atoms with Gasteiger partial charge in [0.1, 0.15) is 0 Å². The number of carboxylic acid groups (broad SMARTS) is 1. The lowest BCUT2D eigenvalue weighted by atomic mass is 9.73. The van der Waals surface area contributed by atoms with E-state index in [1.54, 1.807) is 6.92 Å². The fourth-order valence-corrected chi connectivity index (χ4v) is 2.97. The number of hydrogen-bond acceptors (Lipinski definition) is 4. The van der Waals surface area contributed by atoms with Crippen molar-refractivity contribution in [2.24, 2.45) is 5.92 Å². The average molecular weight is 306 g/mol. The van der Waals surface area contributed by atoms with Crippen molar-refractivity contribution in [2.45, 2.75) is 38.1 Å². The SMILES string of the molecule is CC1(NC(=O)c2cccc([N+](=O)[O-])c2)CCCCC1C(=O)O. The number of aliphatic carboxylic acids is 1. The van der Waals surface area contributed by atoms with Crippen LogP contribution in [0.1, 0.15) is 43.0 Å². The van der Waals surface area contributed by atoms with E-state index in [9.17, 15) is 24.8 Å². The van der Waals surface area contributed by atoms with Crippen molar-refractivity contribution in [1.82, 2.24) is 5.32 Å². The van der Waals surface area contributed by atoms with Gasteiger partial charge in [0, 0.05) is 17.7 Å². The largest absolute Gasteiger partial charge is 0.481 e. The monoisotopic (exact) mass is 306 g/mol. The summed E-state index contributed by atoms with van der Waals surface area (Å²) in [6, 6.07) is 5.41. The van der Waals surface area contributed by atoms with Gasteiger partial charge in [-0.1, -0.05) is 18.9 Å². The first-order valence-electron chi connectivity index (χ1n) is 7.13. The van der Waals surface area contributed by atoms with Crippen LogP contribution in [-0.2, 0) is 4.79 Å². The second kappa shape index (κ2) is 6.13. The normalized spacial score (nSPS) is 24.5. The summed E-state index contributed by atoms with van der Waals surface area (Å²) < 4.78 is 0. The molecule has 0 aliphatic heterocycles. The summed E-state index contributed by atoms with van der Waals surface area (Å²) in [7, 11) is 0. The first-order chi connectivity index (χ1) is 10.3. The number of non-ortho nitro benzene ring substituents is 1. The molecule has 0 radical (unpaired) electrons. The van der Waals surface area contributed by atoms with Gasteiger partial charge in [0.05, 0.1) is 16.4 Å². The zero-order chi connectivity index (χ0) is 16.3. The Labute approximate surface area is 127 Å². The highest BCUT2D eigenvalue weighted by molar-refractivity contribution is 5.95. The van der Waals surface area contributed by atoms with Crippen LogP contribution in [0.25, 0.3) is 0 Å². The lowest BCUT2D eigenvalue weighted by Crippen LogP contribution is -2.55. The Balaban J connectivity index is 2.21. The molecule has 2 rings (SSSR count). The van der Waals surface area contributed by atoms with Crippen LogP contribution in [0.15, 0.2) is 24.3 Å². The molecule has 1 saturated carbocycles. The molecule has 0 aromatic heterocycles. The molecule has 1 amide bonds. The highest BCUT2D eigenvalue weighted by atomic mass is 16.6. The minimum Gasteiger partial charge on any atom is -0.481 e. The molecule has 2 N–H and O–H groups in total. The first-order valence-corrected chi connectivity index (χ1v) is 7.13. The van der Waals surface area contributed by atoms with Crippen molar-refractivity contribution in [3.05, 3.63) is 39.9 Å². The van der Waals surface area contributed by atoms with Crippen LogP contribution in [0.3, 0.4) is 0 Å². The number of hydrogen-bond donors (Lipinski definition) is 2. The molecule has 1 aliphatic rings. The zero-order valence-corrected chi connectivity index (χ0v) is 12.2. The molecule has 22 heavy (non-hydrogen) atoms. The van der Waals surface area contributed by atoms with Crippen LogP contribution < -0.4 is 5.32 Å². The summed E-state index contributed by atoms with van der Waals surface area (Å²) >= 11 is 0. The predicted octanol–water partition coefficient (Wildman–Crippen LogP) is 2.36. The molecule has 1 fully saturated rings. The molecule has 1 aromatic carbocycles. The van der Waals surface area contributed by atoms with Gasteiger partial charge in [0.15, 0.2) is 0 Å². The Kier molecular flexibility index (Phi) is 4.44.